The minimum atomic E-state index is -0.0422. The van der Waals surface area contributed by atoms with Crippen molar-refractivity contribution in [2.75, 3.05) is 0 Å². The van der Waals surface area contributed by atoms with Gasteiger partial charge < -0.3 is 0 Å². The number of nitrogens with one attached hydrogen (secondary N) is 1. The molecule has 1 N–H and O–H groups in total. The number of benzene rings is 1. The van der Waals surface area contributed by atoms with Crippen molar-refractivity contribution >= 4 is 17.4 Å². The molecule has 18 heavy (non-hydrogen) atoms. The number of hydrogen-bond acceptors (Lipinski definition) is 3. The fourth-order valence-corrected chi connectivity index (χ4v) is 2.08. The first-order chi connectivity index (χ1) is 8.56. The van der Waals surface area contributed by atoms with E-state index in [1.54, 1.807) is 6.92 Å². The largest absolute Gasteiger partial charge is 0.300 e. The average molecular weight is 244 g/mol. The molecule has 94 valence electrons. The Kier molecular flexibility index (Phi) is 3.55. The summed E-state index contributed by atoms with van der Waals surface area (Å²) in [5.41, 5.74) is 5.39. The van der Waals surface area contributed by atoms with E-state index in [9.17, 15) is 9.59 Å². The minimum Gasteiger partial charge on any atom is -0.300 e. The number of hydrazone groups is 1. The molecule has 1 atom stereocenters. The maximum absolute atomic E-state index is 11.2. The van der Waals surface area contributed by atoms with Gasteiger partial charge in [0.25, 0.3) is 0 Å². The monoisotopic (exact) mass is 244 g/mol. The summed E-state index contributed by atoms with van der Waals surface area (Å²) < 4.78 is 0. The van der Waals surface area contributed by atoms with Gasteiger partial charge in [-0.15, -0.1) is 0 Å². The lowest BCUT2D eigenvalue weighted by Crippen LogP contribution is -2.31. The Morgan fingerprint density at radius 3 is 2.61 bits per heavy atom. The van der Waals surface area contributed by atoms with Crippen molar-refractivity contribution in [2.24, 2.45) is 11.0 Å². The van der Waals surface area contributed by atoms with Crippen LogP contribution in [0.2, 0.25) is 0 Å². The molecule has 0 bridgehead atoms. The lowest BCUT2D eigenvalue weighted by Gasteiger charge is -2.19. The Bertz CT molecular complexity index is 503. The van der Waals surface area contributed by atoms with Crippen molar-refractivity contribution in [3.8, 4) is 0 Å². The highest BCUT2D eigenvalue weighted by molar-refractivity contribution is 6.05. The second-order valence-corrected chi connectivity index (χ2v) is 4.71. The van der Waals surface area contributed by atoms with Gasteiger partial charge in [-0.2, -0.15) is 5.10 Å². The van der Waals surface area contributed by atoms with Crippen LogP contribution in [-0.4, -0.2) is 17.4 Å². The number of ketones is 1. The minimum absolute atomic E-state index is 0.0422. The molecule has 0 aliphatic carbocycles. The quantitative estimate of drug-likeness (QED) is 0.879. The zero-order valence-corrected chi connectivity index (χ0v) is 10.6. The van der Waals surface area contributed by atoms with E-state index >= 15 is 0 Å². The highest BCUT2D eigenvalue weighted by atomic mass is 16.2. The summed E-state index contributed by atoms with van der Waals surface area (Å²) >= 11 is 0. The summed E-state index contributed by atoms with van der Waals surface area (Å²) in [7, 11) is 0. The summed E-state index contributed by atoms with van der Waals surface area (Å²) in [6.07, 6.45) is 0.924. The molecule has 0 unspecified atom stereocenters. The molecular formula is C14H16N2O2. The van der Waals surface area contributed by atoms with Crippen molar-refractivity contribution in [3.05, 3.63) is 35.4 Å². The summed E-state index contributed by atoms with van der Waals surface area (Å²) in [5, 5.41) is 4.10. The average Bonchev–Trinajstić information content (AvgIpc) is 2.30. The van der Waals surface area contributed by atoms with Gasteiger partial charge in [-0.3, -0.25) is 9.59 Å². The lowest BCUT2D eigenvalue weighted by atomic mass is 9.93. The maximum Gasteiger partial charge on any atom is 0.240 e. The normalized spacial score (nSPS) is 19.1. The van der Waals surface area contributed by atoms with Gasteiger partial charge in [0.05, 0.1) is 5.71 Å². The van der Waals surface area contributed by atoms with Gasteiger partial charge in [-0.05, 0) is 18.1 Å². The van der Waals surface area contributed by atoms with Crippen LogP contribution >= 0.6 is 0 Å². The van der Waals surface area contributed by atoms with Crippen LogP contribution in [0.5, 0.6) is 0 Å². The number of nitrogens with zero attached hydrogens (tertiary/aromatic N) is 1. The van der Waals surface area contributed by atoms with Crippen molar-refractivity contribution < 1.29 is 9.59 Å². The molecule has 0 aromatic heterocycles. The zero-order chi connectivity index (χ0) is 13.1. The number of carbonyl (C=O) groups is 2. The molecule has 0 radical (unpaired) electrons. The molecule has 2 rings (SSSR count). The van der Waals surface area contributed by atoms with Crippen LogP contribution in [0.15, 0.2) is 29.4 Å². The van der Waals surface area contributed by atoms with Crippen LogP contribution in [0.4, 0.5) is 0 Å². The van der Waals surface area contributed by atoms with Gasteiger partial charge in [0, 0.05) is 18.8 Å². The van der Waals surface area contributed by atoms with Crippen LogP contribution in [0, 0.1) is 5.92 Å². The number of Topliss-reactive ketones (excluding diaryl/α,β-unsaturated/α-hetero) is 1. The van der Waals surface area contributed by atoms with Crippen molar-refractivity contribution in [3.63, 3.8) is 0 Å². The number of hydrogen-bond donors (Lipinski definition) is 1. The molecule has 0 spiro atoms. The van der Waals surface area contributed by atoms with E-state index in [-0.39, 0.29) is 17.6 Å². The molecule has 1 aromatic rings. The fraction of sp³-hybridized carbons (Fsp3) is 0.357. The van der Waals surface area contributed by atoms with Gasteiger partial charge in [0.1, 0.15) is 5.78 Å². The smallest absolute Gasteiger partial charge is 0.240 e. The molecular weight excluding hydrogens is 228 g/mol. The second kappa shape index (κ2) is 5.12. The van der Waals surface area contributed by atoms with E-state index < -0.39 is 0 Å². The highest BCUT2D eigenvalue weighted by Crippen LogP contribution is 2.17. The van der Waals surface area contributed by atoms with E-state index in [0.717, 1.165) is 16.8 Å². The predicted molar refractivity (Wildman–Crippen MR) is 69.3 cm³/mol. The Balaban J connectivity index is 2.19. The van der Waals surface area contributed by atoms with Gasteiger partial charge in [-0.1, -0.05) is 31.2 Å². The van der Waals surface area contributed by atoms with Crippen molar-refractivity contribution in [1.82, 2.24) is 5.43 Å². The predicted octanol–water partition coefficient (Wildman–Crippen LogP) is 1.68. The van der Waals surface area contributed by atoms with Crippen LogP contribution in [0.25, 0.3) is 0 Å². The second-order valence-electron chi connectivity index (χ2n) is 4.71. The Morgan fingerprint density at radius 1 is 1.39 bits per heavy atom. The summed E-state index contributed by atoms with van der Waals surface area (Å²) in [6, 6.07) is 7.76. The third kappa shape index (κ3) is 2.83. The van der Waals surface area contributed by atoms with Crippen molar-refractivity contribution in [2.45, 2.75) is 26.7 Å². The summed E-state index contributed by atoms with van der Waals surface area (Å²) in [5.74, 6) is 0.232. The lowest BCUT2D eigenvalue weighted by molar-refractivity contribution is -0.122. The molecule has 0 saturated heterocycles. The first-order valence-corrected chi connectivity index (χ1v) is 6.01. The van der Waals surface area contributed by atoms with Gasteiger partial charge >= 0.3 is 0 Å². The summed E-state index contributed by atoms with van der Waals surface area (Å²) in [6.45, 7) is 3.57. The van der Waals surface area contributed by atoms with Gasteiger partial charge in [0.2, 0.25) is 5.91 Å². The molecule has 1 heterocycles. The van der Waals surface area contributed by atoms with E-state index in [1.165, 1.54) is 0 Å². The molecule has 0 saturated carbocycles. The zero-order valence-electron chi connectivity index (χ0n) is 10.6. The first kappa shape index (κ1) is 12.5. The van der Waals surface area contributed by atoms with Crippen LogP contribution < -0.4 is 5.43 Å². The number of rotatable bonds is 3. The van der Waals surface area contributed by atoms with Gasteiger partial charge in [-0.25, -0.2) is 5.43 Å². The van der Waals surface area contributed by atoms with Gasteiger partial charge in [0.15, 0.2) is 0 Å². The summed E-state index contributed by atoms with van der Waals surface area (Å²) in [4.78, 5) is 22.2. The Morgan fingerprint density at radius 2 is 2.06 bits per heavy atom. The molecule has 1 aliphatic rings. The van der Waals surface area contributed by atoms with Crippen molar-refractivity contribution in [1.29, 1.82) is 0 Å². The number of amides is 1. The van der Waals surface area contributed by atoms with Crippen LogP contribution in [0.3, 0.4) is 0 Å². The highest BCUT2D eigenvalue weighted by Gasteiger charge is 2.21. The third-order valence-corrected chi connectivity index (χ3v) is 2.96. The molecule has 1 aromatic carbocycles. The fourth-order valence-electron chi connectivity index (χ4n) is 2.08. The standard InChI is InChI=1S/C14H16N2O2/c1-9-7-13(18)15-16-14(9)12-5-3-11(4-6-12)8-10(2)17/h3-6,9H,7-8H2,1-2H3,(H,15,18)/t9-/m1/s1. The van der Waals surface area contributed by atoms with E-state index in [1.807, 2.05) is 31.2 Å². The van der Waals surface area contributed by atoms with E-state index in [0.29, 0.717) is 12.8 Å². The molecule has 0 fully saturated rings. The SMILES string of the molecule is CC(=O)Cc1ccc(C2=NNC(=O)C[C@H]2C)cc1. The molecule has 1 amide bonds. The van der Waals surface area contributed by atoms with E-state index in [2.05, 4.69) is 10.5 Å². The van der Waals surface area contributed by atoms with Crippen LogP contribution in [0.1, 0.15) is 31.4 Å². The van der Waals surface area contributed by atoms with E-state index in [4.69, 9.17) is 0 Å². The molecule has 4 nitrogen and oxygen atoms in total. The Hall–Kier alpha value is -1.97. The topological polar surface area (TPSA) is 58.5 Å². The number of carbonyl (C=O) groups excluding carboxylic acids is 2. The Labute approximate surface area is 106 Å². The maximum atomic E-state index is 11.2. The molecule has 1 aliphatic heterocycles. The first-order valence-electron chi connectivity index (χ1n) is 6.01. The third-order valence-electron chi connectivity index (χ3n) is 2.96. The molecule has 4 heteroatoms. The van der Waals surface area contributed by atoms with Crippen LogP contribution in [-0.2, 0) is 16.0 Å².